The van der Waals surface area contributed by atoms with Crippen LogP contribution in [0, 0.1) is 0 Å². The number of rotatable bonds is 9. The van der Waals surface area contributed by atoms with Crippen LogP contribution in [0.5, 0.6) is 5.75 Å². The third kappa shape index (κ3) is 7.25. The van der Waals surface area contributed by atoms with Crippen molar-refractivity contribution in [3.05, 3.63) is 59.3 Å². The van der Waals surface area contributed by atoms with Gasteiger partial charge in [0.1, 0.15) is 5.75 Å². The van der Waals surface area contributed by atoms with E-state index in [9.17, 15) is 27.9 Å². The van der Waals surface area contributed by atoms with Crippen LogP contribution in [-0.2, 0) is 16.0 Å². The molecule has 204 valence electrons. The Morgan fingerprint density at radius 2 is 1.82 bits per heavy atom. The number of carbonyl (C=O) groups excluding carboxylic acids is 1. The molecule has 1 saturated carbocycles. The minimum Gasteiger partial charge on any atom is -0.479 e. The van der Waals surface area contributed by atoms with E-state index in [4.69, 9.17) is 10.2 Å². The fraction of sp³-hybridized carbons (Fsp3) is 0.444. The van der Waals surface area contributed by atoms with Crippen molar-refractivity contribution < 1.29 is 37.7 Å². The SMILES string of the molecule is O=C(NCC(O)C(=O)O)C1=CC=C(Cc2cc(-c3ccc(OC(F)(F)F)cc3)n(C3CCCCC3)n2)CC1. The third-order valence-corrected chi connectivity index (χ3v) is 6.77. The van der Waals surface area contributed by atoms with Crippen molar-refractivity contribution in [1.82, 2.24) is 15.1 Å². The summed E-state index contributed by atoms with van der Waals surface area (Å²) in [5.74, 6) is -2.09. The first kappa shape index (κ1) is 27.4. The fourth-order valence-corrected chi connectivity index (χ4v) is 4.82. The maximum atomic E-state index is 12.6. The van der Waals surface area contributed by atoms with Crippen molar-refractivity contribution in [2.24, 2.45) is 0 Å². The van der Waals surface area contributed by atoms with Gasteiger partial charge < -0.3 is 20.3 Å². The number of aliphatic hydroxyl groups is 1. The van der Waals surface area contributed by atoms with Gasteiger partial charge in [0.15, 0.2) is 6.10 Å². The Bertz CT molecular complexity index is 1210. The summed E-state index contributed by atoms with van der Waals surface area (Å²) in [6.45, 7) is -0.368. The summed E-state index contributed by atoms with van der Waals surface area (Å²) in [4.78, 5) is 23.0. The summed E-state index contributed by atoms with van der Waals surface area (Å²) in [7, 11) is 0. The number of allylic oxidation sites excluding steroid dienone is 3. The molecule has 3 N–H and O–H groups in total. The molecule has 0 spiro atoms. The van der Waals surface area contributed by atoms with Gasteiger partial charge in [-0.05, 0) is 56.0 Å². The van der Waals surface area contributed by atoms with Gasteiger partial charge in [-0.3, -0.25) is 9.48 Å². The van der Waals surface area contributed by atoms with Crippen LogP contribution in [0.1, 0.15) is 56.7 Å². The molecule has 1 atom stereocenters. The second kappa shape index (κ2) is 11.8. The number of amides is 1. The van der Waals surface area contributed by atoms with Gasteiger partial charge in [-0.25, -0.2) is 4.79 Å². The van der Waals surface area contributed by atoms with Crippen molar-refractivity contribution in [3.8, 4) is 17.0 Å². The van der Waals surface area contributed by atoms with E-state index in [-0.39, 0.29) is 18.3 Å². The Morgan fingerprint density at radius 1 is 1.11 bits per heavy atom. The Morgan fingerprint density at radius 3 is 2.42 bits per heavy atom. The fourth-order valence-electron chi connectivity index (χ4n) is 4.82. The molecule has 1 fully saturated rings. The first-order chi connectivity index (χ1) is 18.1. The standard InChI is InChI=1S/C27H30F3N3O5/c28-27(29,30)38-22-12-10-18(11-13-22)23-15-20(32-33(23)21-4-2-1-3-5-21)14-17-6-8-19(9-7-17)25(35)31-16-24(34)26(36)37/h6,8,10-13,15,21,24,34H,1-5,7,9,14,16H2,(H,31,35)(H,36,37). The summed E-state index contributed by atoms with van der Waals surface area (Å²) in [5.41, 5.74) is 4.00. The third-order valence-electron chi connectivity index (χ3n) is 6.77. The summed E-state index contributed by atoms with van der Waals surface area (Å²) in [6.07, 6.45) is 4.15. The molecule has 38 heavy (non-hydrogen) atoms. The van der Waals surface area contributed by atoms with Crippen LogP contribution in [0.2, 0.25) is 0 Å². The molecule has 4 rings (SSSR count). The Labute approximate surface area is 217 Å². The van der Waals surface area contributed by atoms with Gasteiger partial charge in [0, 0.05) is 17.6 Å². The lowest BCUT2D eigenvalue weighted by molar-refractivity contribution is -0.274. The van der Waals surface area contributed by atoms with E-state index in [2.05, 4.69) is 10.1 Å². The molecule has 2 aromatic rings. The molecule has 1 amide bonds. The average Bonchev–Trinajstić information content (AvgIpc) is 3.31. The number of carbonyl (C=O) groups is 2. The molecule has 2 aliphatic carbocycles. The van der Waals surface area contributed by atoms with Gasteiger partial charge in [0.2, 0.25) is 5.91 Å². The number of carboxylic acids is 1. The van der Waals surface area contributed by atoms with Crippen LogP contribution >= 0.6 is 0 Å². The van der Waals surface area contributed by atoms with Gasteiger partial charge in [-0.15, -0.1) is 13.2 Å². The number of aromatic nitrogens is 2. The number of hydrogen-bond donors (Lipinski definition) is 3. The lowest BCUT2D eigenvalue weighted by atomic mass is 9.94. The first-order valence-corrected chi connectivity index (χ1v) is 12.6. The second-order valence-corrected chi connectivity index (χ2v) is 9.59. The summed E-state index contributed by atoms with van der Waals surface area (Å²) < 4.78 is 43.7. The molecule has 1 aromatic heterocycles. The van der Waals surface area contributed by atoms with Crippen LogP contribution in [0.3, 0.4) is 0 Å². The molecule has 0 saturated heterocycles. The van der Waals surface area contributed by atoms with E-state index in [1.807, 2.05) is 16.8 Å². The predicted molar refractivity (Wildman–Crippen MR) is 132 cm³/mol. The lowest BCUT2D eigenvalue weighted by Crippen LogP contribution is -2.37. The first-order valence-electron chi connectivity index (χ1n) is 12.6. The zero-order valence-electron chi connectivity index (χ0n) is 20.7. The maximum absolute atomic E-state index is 12.6. The molecule has 2 aliphatic rings. The number of hydrogen-bond acceptors (Lipinski definition) is 5. The predicted octanol–water partition coefficient (Wildman–Crippen LogP) is 4.70. The van der Waals surface area contributed by atoms with Gasteiger partial charge in [-0.2, -0.15) is 5.10 Å². The van der Waals surface area contributed by atoms with Crippen molar-refractivity contribution in [2.75, 3.05) is 6.54 Å². The van der Waals surface area contributed by atoms with Crippen molar-refractivity contribution >= 4 is 11.9 Å². The number of nitrogens with one attached hydrogen (secondary N) is 1. The number of ether oxygens (including phenoxy) is 1. The van der Waals surface area contributed by atoms with Gasteiger partial charge in [0.25, 0.3) is 0 Å². The van der Waals surface area contributed by atoms with E-state index in [0.29, 0.717) is 24.8 Å². The largest absolute Gasteiger partial charge is 0.573 e. The highest BCUT2D eigenvalue weighted by molar-refractivity contribution is 5.94. The Kier molecular flexibility index (Phi) is 8.55. The maximum Gasteiger partial charge on any atom is 0.573 e. The molecule has 0 radical (unpaired) electrons. The zero-order chi connectivity index (χ0) is 27.3. The number of carboxylic acid groups (broad SMARTS) is 1. The van der Waals surface area contributed by atoms with Crippen molar-refractivity contribution in [3.63, 3.8) is 0 Å². The number of aliphatic hydroxyl groups excluding tert-OH is 1. The topological polar surface area (TPSA) is 114 Å². The number of benzene rings is 1. The van der Waals surface area contributed by atoms with Gasteiger partial charge >= 0.3 is 12.3 Å². The summed E-state index contributed by atoms with van der Waals surface area (Å²) in [6, 6.07) is 8.00. The molecule has 1 aromatic carbocycles. The summed E-state index contributed by atoms with van der Waals surface area (Å²) in [5, 5.41) is 25.4. The Balaban J connectivity index is 1.50. The van der Waals surface area contributed by atoms with Crippen LogP contribution < -0.4 is 10.1 Å². The zero-order valence-corrected chi connectivity index (χ0v) is 20.7. The highest BCUT2D eigenvalue weighted by Crippen LogP contribution is 2.34. The van der Waals surface area contributed by atoms with Crippen LogP contribution in [0.15, 0.2) is 53.6 Å². The van der Waals surface area contributed by atoms with E-state index < -0.39 is 24.3 Å². The van der Waals surface area contributed by atoms with E-state index >= 15 is 0 Å². The molecule has 1 heterocycles. The molecule has 0 aliphatic heterocycles. The molecule has 1 unspecified atom stereocenters. The molecular formula is C27H30F3N3O5. The van der Waals surface area contributed by atoms with E-state index in [0.717, 1.165) is 48.2 Å². The highest BCUT2D eigenvalue weighted by atomic mass is 19.4. The lowest BCUT2D eigenvalue weighted by Gasteiger charge is -2.24. The smallest absolute Gasteiger partial charge is 0.479 e. The Hall–Kier alpha value is -3.60. The van der Waals surface area contributed by atoms with Crippen LogP contribution in [-0.4, -0.2) is 50.9 Å². The second-order valence-electron chi connectivity index (χ2n) is 9.59. The molecule has 11 heteroatoms. The molecule has 8 nitrogen and oxygen atoms in total. The van der Waals surface area contributed by atoms with Gasteiger partial charge in [0.05, 0.1) is 24.0 Å². The number of aliphatic carboxylic acids is 1. The normalized spacial score (nSPS) is 17.4. The molecular weight excluding hydrogens is 503 g/mol. The van der Waals surface area contributed by atoms with E-state index in [1.165, 1.54) is 18.6 Å². The monoisotopic (exact) mass is 533 g/mol. The van der Waals surface area contributed by atoms with Crippen LogP contribution in [0.25, 0.3) is 11.3 Å². The summed E-state index contributed by atoms with van der Waals surface area (Å²) >= 11 is 0. The number of alkyl halides is 3. The van der Waals surface area contributed by atoms with E-state index in [1.54, 1.807) is 18.2 Å². The van der Waals surface area contributed by atoms with Crippen LogP contribution in [0.4, 0.5) is 13.2 Å². The molecule has 0 bridgehead atoms. The van der Waals surface area contributed by atoms with Gasteiger partial charge in [-0.1, -0.05) is 37.0 Å². The highest BCUT2D eigenvalue weighted by Gasteiger charge is 2.31. The minimum atomic E-state index is -4.75. The van der Waals surface area contributed by atoms with Crippen molar-refractivity contribution in [2.45, 2.75) is 69.9 Å². The minimum absolute atomic E-state index is 0.218. The van der Waals surface area contributed by atoms with Crippen molar-refractivity contribution in [1.29, 1.82) is 0 Å². The number of halogens is 3. The average molecular weight is 534 g/mol. The quantitative estimate of drug-likeness (QED) is 0.431. The number of nitrogens with zero attached hydrogens (tertiary/aromatic N) is 2.